The van der Waals surface area contributed by atoms with Gasteiger partial charge in [-0.25, -0.2) is 0 Å². The first-order valence-corrected chi connectivity index (χ1v) is 10.6. The van der Waals surface area contributed by atoms with Gasteiger partial charge in [0.15, 0.2) is 0 Å². The van der Waals surface area contributed by atoms with Crippen molar-refractivity contribution in [3.63, 3.8) is 0 Å². The second kappa shape index (κ2) is 9.16. The van der Waals surface area contributed by atoms with Crippen LogP contribution in [0.15, 0.2) is 78.6 Å². The number of benzene rings is 2. The smallest absolute Gasteiger partial charge is 0.300 e. The van der Waals surface area contributed by atoms with Gasteiger partial charge in [0, 0.05) is 43.4 Å². The SMILES string of the molecule is CCOc1cccc(C2/C(=C(/O)c3ccncc3)C(=O)C(=O)N2c2ccc(N(C)C)cc2)c1. The zero-order chi connectivity index (χ0) is 23.5. The highest BCUT2D eigenvalue weighted by Gasteiger charge is 2.47. The summed E-state index contributed by atoms with van der Waals surface area (Å²) in [6.45, 7) is 2.36. The van der Waals surface area contributed by atoms with Gasteiger partial charge in [0.2, 0.25) is 0 Å². The van der Waals surface area contributed by atoms with E-state index in [9.17, 15) is 14.7 Å². The van der Waals surface area contributed by atoms with Gasteiger partial charge in [-0.1, -0.05) is 12.1 Å². The number of ether oxygens (including phenoxy) is 1. The lowest BCUT2D eigenvalue weighted by molar-refractivity contribution is -0.132. The number of ketones is 1. The van der Waals surface area contributed by atoms with Crippen molar-refractivity contribution in [1.82, 2.24) is 4.98 Å². The van der Waals surface area contributed by atoms with Crippen molar-refractivity contribution in [3.8, 4) is 5.75 Å². The maximum atomic E-state index is 13.2. The van der Waals surface area contributed by atoms with Crippen molar-refractivity contribution in [1.29, 1.82) is 0 Å². The van der Waals surface area contributed by atoms with Crippen molar-refractivity contribution in [3.05, 3.63) is 89.8 Å². The topological polar surface area (TPSA) is 83.0 Å². The Kier molecular flexibility index (Phi) is 6.13. The van der Waals surface area contributed by atoms with E-state index < -0.39 is 17.7 Å². The van der Waals surface area contributed by atoms with Gasteiger partial charge in [-0.3, -0.25) is 19.5 Å². The van der Waals surface area contributed by atoms with E-state index in [0.29, 0.717) is 29.2 Å². The number of rotatable bonds is 6. The number of carbonyl (C=O) groups is 2. The molecule has 2 heterocycles. The normalized spacial score (nSPS) is 17.3. The minimum absolute atomic E-state index is 0.0246. The molecule has 1 N–H and O–H groups in total. The first kappa shape index (κ1) is 22.1. The first-order valence-electron chi connectivity index (χ1n) is 10.6. The van der Waals surface area contributed by atoms with E-state index in [1.54, 1.807) is 30.3 Å². The van der Waals surface area contributed by atoms with Crippen LogP contribution in [0.1, 0.15) is 24.1 Å². The summed E-state index contributed by atoms with van der Waals surface area (Å²) < 4.78 is 5.64. The lowest BCUT2D eigenvalue weighted by Crippen LogP contribution is -2.29. The molecule has 7 heteroatoms. The van der Waals surface area contributed by atoms with Crippen LogP contribution >= 0.6 is 0 Å². The molecule has 1 unspecified atom stereocenters. The number of carbonyl (C=O) groups excluding carboxylic acids is 2. The zero-order valence-corrected chi connectivity index (χ0v) is 18.7. The van der Waals surface area contributed by atoms with E-state index in [1.165, 1.54) is 17.3 Å². The summed E-state index contributed by atoms with van der Waals surface area (Å²) in [5.41, 5.74) is 2.62. The van der Waals surface area contributed by atoms with Crippen LogP contribution in [0.5, 0.6) is 5.75 Å². The molecule has 0 bridgehead atoms. The quantitative estimate of drug-likeness (QED) is 0.350. The van der Waals surface area contributed by atoms with Crippen LogP contribution in [0.2, 0.25) is 0 Å². The fourth-order valence-corrected chi connectivity index (χ4v) is 3.93. The standard InChI is InChI=1S/C26H25N3O4/c1-4-33-21-7-5-6-18(16-21)23-22(24(30)17-12-14-27-15-13-17)25(31)26(32)29(23)20-10-8-19(9-11-20)28(2)3/h5-16,23,30H,4H2,1-3H3/b24-22-. The largest absolute Gasteiger partial charge is 0.507 e. The van der Waals surface area contributed by atoms with Gasteiger partial charge < -0.3 is 14.7 Å². The molecule has 0 spiro atoms. The Labute approximate surface area is 192 Å². The molecular formula is C26H25N3O4. The molecule has 3 aromatic rings. The third-order valence-corrected chi connectivity index (χ3v) is 5.53. The molecule has 1 amide bonds. The monoisotopic (exact) mass is 443 g/mol. The van der Waals surface area contributed by atoms with Crippen molar-refractivity contribution in [2.75, 3.05) is 30.5 Å². The number of aliphatic hydroxyl groups excluding tert-OH is 1. The molecule has 168 valence electrons. The minimum Gasteiger partial charge on any atom is -0.507 e. The van der Waals surface area contributed by atoms with Crippen molar-refractivity contribution in [2.24, 2.45) is 0 Å². The molecule has 33 heavy (non-hydrogen) atoms. The highest BCUT2D eigenvalue weighted by Crippen LogP contribution is 2.43. The summed E-state index contributed by atoms with van der Waals surface area (Å²) in [5, 5.41) is 11.1. The fraction of sp³-hybridized carbons (Fsp3) is 0.192. The Morgan fingerprint density at radius 2 is 1.76 bits per heavy atom. The van der Waals surface area contributed by atoms with Crippen molar-refractivity contribution >= 4 is 28.8 Å². The molecule has 1 saturated heterocycles. The van der Waals surface area contributed by atoms with Crippen LogP contribution in [0.25, 0.3) is 5.76 Å². The van der Waals surface area contributed by atoms with Gasteiger partial charge in [-0.2, -0.15) is 0 Å². The second-order valence-corrected chi connectivity index (χ2v) is 7.82. The predicted molar refractivity (Wildman–Crippen MR) is 127 cm³/mol. The summed E-state index contributed by atoms with van der Waals surface area (Å²) in [6, 6.07) is 17.0. The van der Waals surface area contributed by atoms with Crippen molar-refractivity contribution in [2.45, 2.75) is 13.0 Å². The number of aliphatic hydroxyl groups is 1. The average molecular weight is 444 g/mol. The van der Waals surface area contributed by atoms with Gasteiger partial charge in [-0.05, 0) is 61.0 Å². The van der Waals surface area contributed by atoms with Gasteiger partial charge in [0.25, 0.3) is 11.7 Å². The molecule has 1 aliphatic rings. The number of hydrogen-bond donors (Lipinski definition) is 1. The maximum absolute atomic E-state index is 13.2. The Morgan fingerprint density at radius 3 is 2.39 bits per heavy atom. The van der Waals surface area contributed by atoms with E-state index >= 15 is 0 Å². The van der Waals surface area contributed by atoms with Crippen LogP contribution in [0.4, 0.5) is 11.4 Å². The summed E-state index contributed by atoms with van der Waals surface area (Å²) in [5.74, 6) is -1.06. The highest BCUT2D eigenvalue weighted by molar-refractivity contribution is 6.51. The van der Waals surface area contributed by atoms with Crippen LogP contribution in [0.3, 0.4) is 0 Å². The molecule has 1 fully saturated rings. The molecule has 1 aromatic heterocycles. The Hall–Kier alpha value is -4.13. The number of anilines is 2. The third-order valence-electron chi connectivity index (χ3n) is 5.53. The molecular weight excluding hydrogens is 418 g/mol. The van der Waals surface area contributed by atoms with E-state index in [4.69, 9.17) is 4.74 Å². The third kappa shape index (κ3) is 4.17. The molecule has 4 rings (SSSR count). The lowest BCUT2D eigenvalue weighted by atomic mass is 9.95. The zero-order valence-electron chi connectivity index (χ0n) is 18.7. The van der Waals surface area contributed by atoms with Gasteiger partial charge in [0.1, 0.15) is 11.5 Å². The van der Waals surface area contributed by atoms with E-state index in [0.717, 1.165) is 5.69 Å². The fourth-order valence-electron chi connectivity index (χ4n) is 3.93. The van der Waals surface area contributed by atoms with Crippen LogP contribution in [-0.4, -0.2) is 42.5 Å². The summed E-state index contributed by atoms with van der Waals surface area (Å²) in [6.07, 6.45) is 3.05. The number of hydrogen-bond acceptors (Lipinski definition) is 6. The lowest BCUT2D eigenvalue weighted by Gasteiger charge is -2.26. The second-order valence-electron chi connectivity index (χ2n) is 7.82. The molecule has 7 nitrogen and oxygen atoms in total. The van der Waals surface area contributed by atoms with Crippen molar-refractivity contribution < 1.29 is 19.4 Å². The van der Waals surface area contributed by atoms with E-state index in [2.05, 4.69) is 4.98 Å². The summed E-state index contributed by atoms with van der Waals surface area (Å²) >= 11 is 0. The Balaban J connectivity index is 1.91. The number of aromatic nitrogens is 1. The maximum Gasteiger partial charge on any atom is 0.300 e. The minimum atomic E-state index is -0.816. The Morgan fingerprint density at radius 1 is 1.06 bits per heavy atom. The molecule has 0 saturated carbocycles. The first-order chi connectivity index (χ1) is 15.9. The number of amides is 1. The predicted octanol–water partition coefficient (Wildman–Crippen LogP) is 4.17. The summed E-state index contributed by atoms with van der Waals surface area (Å²) in [4.78, 5) is 33.8. The van der Waals surface area contributed by atoms with Gasteiger partial charge >= 0.3 is 0 Å². The number of nitrogens with zero attached hydrogens (tertiary/aromatic N) is 3. The highest BCUT2D eigenvalue weighted by atomic mass is 16.5. The summed E-state index contributed by atoms with van der Waals surface area (Å²) in [7, 11) is 3.85. The van der Waals surface area contributed by atoms with Crippen LogP contribution in [0, 0.1) is 0 Å². The van der Waals surface area contributed by atoms with E-state index in [-0.39, 0.29) is 11.3 Å². The molecule has 1 atom stereocenters. The Bertz CT molecular complexity index is 1200. The van der Waals surface area contributed by atoms with Gasteiger partial charge in [0.05, 0.1) is 18.2 Å². The van der Waals surface area contributed by atoms with Gasteiger partial charge in [-0.15, -0.1) is 0 Å². The molecule has 2 aromatic carbocycles. The number of pyridine rings is 1. The van der Waals surface area contributed by atoms with E-state index in [1.807, 2.05) is 56.3 Å². The average Bonchev–Trinajstić information content (AvgIpc) is 3.10. The van der Waals surface area contributed by atoms with Crippen LogP contribution in [-0.2, 0) is 9.59 Å². The molecule has 0 radical (unpaired) electrons. The van der Waals surface area contributed by atoms with Crippen LogP contribution < -0.4 is 14.5 Å². The molecule has 1 aliphatic heterocycles. The molecule has 0 aliphatic carbocycles. The number of Topliss-reactive ketones (excluding diaryl/α,β-unsaturated/α-hetero) is 1.